The van der Waals surface area contributed by atoms with E-state index in [1.165, 1.54) is 0 Å². The quantitative estimate of drug-likeness (QED) is 0.938. The lowest BCUT2D eigenvalue weighted by Crippen LogP contribution is -2.27. The molecule has 4 nitrogen and oxygen atoms in total. The number of aryl methyl sites for hydroxylation is 2. The molecule has 2 aromatic rings. The molecule has 1 aromatic heterocycles. The predicted molar refractivity (Wildman–Crippen MR) is 78.2 cm³/mol. The number of nitrogens with one attached hydrogen (secondary N) is 1. The summed E-state index contributed by atoms with van der Waals surface area (Å²) in [5.74, 6) is 0.744. The molecule has 1 unspecified atom stereocenters. The number of aromatic nitrogens is 1. The van der Waals surface area contributed by atoms with E-state index in [0.29, 0.717) is 23.2 Å². The van der Waals surface area contributed by atoms with Gasteiger partial charge in [0, 0.05) is 18.5 Å². The fourth-order valence-electron chi connectivity index (χ4n) is 1.98. The van der Waals surface area contributed by atoms with Crippen LogP contribution >= 0.6 is 11.6 Å². The molecule has 0 aliphatic heterocycles. The smallest absolute Gasteiger partial charge is 0.289 e. The molecule has 1 heterocycles. The minimum absolute atomic E-state index is 0.195. The Kier molecular flexibility index (Phi) is 4.45. The Morgan fingerprint density at radius 3 is 2.55 bits per heavy atom. The summed E-state index contributed by atoms with van der Waals surface area (Å²) in [6.07, 6.45) is 0. The number of hydrogen-bond donors (Lipinski definition) is 1. The molecule has 0 saturated heterocycles. The number of halogens is 1. The number of oxazole rings is 1. The van der Waals surface area contributed by atoms with Gasteiger partial charge in [-0.05, 0) is 30.5 Å². The first kappa shape index (κ1) is 14.6. The van der Waals surface area contributed by atoms with Crippen LogP contribution in [0.3, 0.4) is 0 Å². The van der Waals surface area contributed by atoms with Crippen LogP contribution in [0.5, 0.6) is 0 Å². The van der Waals surface area contributed by atoms with E-state index in [9.17, 15) is 4.79 Å². The van der Waals surface area contributed by atoms with Crippen molar-refractivity contribution in [3.05, 3.63) is 52.2 Å². The highest BCUT2D eigenvalue weighted by molar-refractivity contribution is 6.30. The second kappa shape index (κ2) is 6.09. The van der Waals surface area contributed by atoms with Gasteiger partial charge in [0.1, 0.15) is 0 Å². The van der Waals surface area contributed by atoms with Gasteiger partial charge in [0.05, 0.1) is 5.69 Å². The van der Waals surface area contributed by atoms with Crippen LogP contribution in [-0.4, -0.2) is 17.4 Å². The molecule has 0 aliphatic rings. The first-order chi connectivity index (χ1) is 9.47. The number of nitrogens with zero attached hydrogens (tertiary/aromatic N) is 1. The number of carbonyl (C=O) groups excluding carboxylic acids is 1. The van der Waals surface area contributed by atoms with Crippen molar-refractivity contribution in [3.63, 3.8) is 0 Å². The summed E-state index contributed by atoms with van der Waals surface area (Å²) in [7, 11) is 0. The largest absolute Gasteiger partial charge is 0.436 e. The molecule has 1 N–H and O–H groups in total. The van der Waals surface area contributed by atoms with Crippen molar-refractivity contribution in [2.45, 2.75) is 26.7 Å². The molecular weight excluding hydrogens is 276 g/mol. The summed E-state index contributed by atoms with van der Waals surface area (Å²) >= 11 is 5.85. The maximum Gasteiger partial charge on any atom is 0.289 e. The summed E-state index contributed by atoms with van der Waals surface area (Å²) in [6, 6.07) is 7.62. The van der Waals surface area contributed by atoms with Crippen molar-refractivity contribution in [2.75, 3.05) is 6.54 Å². The summed E-state index contributed by atoms with van der Waals surface area (Å²) in [5, 5.41) is 3.57. The SMILES string of the molecule is Cc1nc(C)c(C(=O)NCC(C)c2ccc(Cl)cc2)o1. The molecule has 0 fully saturated rings. The van der Waals surface area contributed by atoms with Crippen molar-refractivity contribution in [1.82, 2.24) is 10.3 Å². The third-order valence-electron chi connectivity index (χ3n) is 3.12. The summed E-state index contributed by atoms with van der Waals surface area (Å²) in [6.45, 7) is 6.05. The van der Waals surface area contributed by atoms with Crippen LogP contribution in [0.4, 0.5) is 0 Å². The van der Waals surface area contributed by atoms with Gasteiger partial charge in [-0.15, -0.1) is 0 Å². The van der Waals surface area contributed by atoms with Crippen LogP contribution < -0.4 is 5.32 Å². The molecule has 1 atom stereocenters. The van der Waals surface area contributed by atoms with Gasteiger partial charge in [0.25, 0.3) is 5.91 Å². The van der Waals surface area contributed by atoms with Crippen molar-refractivity contribution in [1.29, 1.82) is 0 Å². The van der Waals surface area contributed by atoms with Gasteiger partial charge in [0.2, 0.25) is 5.76 Å². The Balaban J connectivity index is 1.96. The lowest BCUT2D eigenvalue weighted by Gasteiger charge is -2.12. The molecule has 5 heteroatoms. The van der Waals surface area contributed by atoms with Crippen LogP contribution in [0, 0.1) is 13.8 Å². The number of benzene rings is 1. The van der Waals surface area contributed by atoms with Gasteiger partial charge in [0.15, 0.2) is 5.89 Å². The minimum atomic E-state index is -0.232. The third-order valence-corrected chi connectivity index (χ3v) is 3.37. The van der Waals surface area contributed by atoms with E-state index >= 15 is 0 Å². The fourth-order valence-corrected chi connectivity index (χ4v) is 2.10. The molecule has 0 spiro atoms. The second-order valence-electron chi connectivity index (χ2n) is 4.81. The Labute approximate surface area is 123 Å². The van der Waals surface area contributed by atoms with Crippen molar-refractivity contribution >= 4 is 17.5 Å². The molecule has 1 aromatic carbocycles. The van der Waals surface area contributed by atoms with Gasteiger partial charge in [-0.25, -0.2) is 4.98 Å². The van der Waals surface area contributed by atoms with E-state index in [1.807, 2.05) is 31.2 Å². The fraction of sp³-hybridized carbons (Fsp3) is 0.333. The van der Waals surface area contributed by atoms with E-state index in [1.54, 1.807) is 13.8 Å². The van der Waals surface area contributed by atoms with Crippen LogP contribution in [-0.2, 0) is 0 Å². The van der Waals surface area contributed by atoms with Crippen LogP contribution in [0.2, 0.25) is 5.02 Å². The van der Waals surface area contributed by atoms with Crippen molar-refractivity contribution in [3.8, 4) is 0 Å². The zero-order chi connectivity index (χ0) is 14.7. The summed E-state index contributed by atoms with van der Waals surface area (Å²) < 4.78 is 5.29. The zero-order valence-electron chi connectivity index (χ0n) is 11.7. The maximum atomic E-state index is 12.0. The molecule has 1 amide bonds. The van der Waals surface area contributed by atoms with E-state index in [4.69, 9.17) is 16.0 Å². The molecule has 0 bridgehead atoms. The lowest BCUT2D eigenvalue weighted by molar-refractivity contribution is 0.0922. The average Bonchev–Trinajstić information content (AvgIpc) is 2.75. The van der Waals surface area contributed by atoms with Crippen LogP contribution in [0.1, 0.15) is 40.5 Å². The average molecular weight is 293 g/mol. The highest BCUT2D eigenvalue weighted by atomic mass is 35.5. The molecule has 0 radical (unpaired) electrons. The Morgan fingerprint density at radius 2 is 2.00 bits per heavy atom. The highest BCUT2D eigenvalue weighted by Crippen LogP contribution is 2.17. The first-order valence-corrected chi connectivity index (χ1v) is 6.83. The molecule has 20 heavy (non-hydrogen) atoms. The van der Waals surface area contributed by atoms with E-state index in [0.717, 1.165) is 5.56 Å². The van der Waals surface area contributed by atoms with Gasteiger partial charge >= 0.3 is 0 Å². The zero-order valence-corrected chi connectivity index (χ0v) is 12.5. The van der Waals surface area contributed by atoms with Crippen LogP contribution in [0.15, 0.2) is 28.7 Å². The van der Waals surface area contributed by atoms with Crippen LogP contribution in [0.25, 0.3) is 0 Å². The second-order valence-corrected chi connectivity index (χ2v) is 5.25. The number of amides is 1. The van der Waals surface area contributed by atoms with E-state index in [2.05, 4.69) is 10.3 Å². The van der Waals surface area contributed by atoms with Crippen molar-refractivity contribution in [2.24, 2.45) is 0 Å². The number of hydrogen-bond acceptors (Lipinski definition) is 3. The maximum absolute atomic E-state index is 12.0. The normalized spacial score (nSPS) is 12.2. The molecule has 106 valence electrons. The number of rotatable bonds is 4. The minimum Gasteiger partial charge on any atom is -0.436 e. The monoisotopic (exact) mass is 292 g/mol. The topological polar surface area (TPSA) is 55.1 Å². The van der Waals surface area contributed by atoms with E-state index in [-0.39, 0.29) is 17.6 Å². The van der Waals surface area contributed by atoms with Gasteiger partial charge in [-0.1, -0.05) is 30.7 Å². The predicted octanol–water partition coefficient (Wildman–Crippen LogP) is 3.48. The molecule has 0 aliphatic carbocycles. The molecular formula is C15H17ClN2O2. The number of carbonyl (C=O) groups is 1. The Morgan fingerprint density at radius 1 is 1.35 bits per heavy atom. The van der Waals surface area contributed by atoms with E-state index < -0.39 is 0 Å². The van der Waals surface area contributed by atoms with Gasteiger partial charge in [-0.3, -0.25) is 4.79 Å². The van der Waals surface area contributed by atoms with Crippen molar-refractivity contribution < 1.29 is 9.21 Å². The summed E-state index contributed by atoms with van der Waals surface area (Å²) in [5.41, 5.74) is 1.74. The summed E-state index contributed by atoms with van der Waals surface area (Å²) in [4.78, 5) is 16.1. The lowest BCUT2D eigenvalue weighted by atomic mass is 10.0. The Hall–Kier alpha value is -1.81. The Bertz CT molecular complexity index is 605. The molecule has 0 saturated carbocycles. The third kappa shape index (κ3) is 3.39. The highest BCUT2D eigenvalue weighted by Gasteiger charge is 2.16. The van der Waals surface area contributed by atoms with Gasteiger partial charge in [-0.2, -0.15) is 0 Å². The van der Waals surface area contributed by atoms with Gasteiger partial charge < -0.3 is 9.73 Å². The first-order valence-electron chi connectivity index (χ1n) is 6.45. The molecule has 2 rings (SSSR count). The standard InChI is InChI=1S/C15H17ClN2O2/c1-9(12-4-6-13(16)7-5-12)8-17-15(19)14-10(2)18-11(3)20-14/h4-7,9H,8H2,1-3H3,(H,17,19).